The lowest BCUT2D eigenvalue weighted by atomic mass is 10.1. The summed E-state index contributed by atoms with van der Waals surface area (Å²) in [5, 5.41) is 0. The molecule has 0 aliphatic carbocycles. The van der Waals surface area contributed by atoms with Crippen LogP contribution in [-0.4, -0.2) is 19.0 Å². The van der Waals surface area contributed by atoms with E-state index in [1.807, 2.05) is 0 Å². The molecule has 2 rings (SSSR count). The lowest BCUT2D eigenvalue weighted by Gasteiger charge is -2.33. The van der Waals surface area contributed by atoms with Crippen LogP contribution in [0.4, 0.5) is 18.9 Å². The number of alkyl halides is 2. The number of rotatable bonds is 1. The standard InChI is InChI=1S/C11H11BrF3N/c12-8-5-9(13)7-10(6-8)16-3-1-11(14,15)2-4-16/h5-7H,1-4H2. The minimum atomic E-state index is -2.57. The number of anilines is 1. The van der Waals surface area contributed by atoms with Crippen molar-refractivity contribution in [2.24, 2.45) is 0 Å². The summed E-state index contributed by atoms with van der Waals surface area (Å²) in [6.07, 6.45) is -0.331. The molecule has 16 heavy (non-hydrogen) atoms. The van der Waals surface area contributed by atoms with Gasteiger partial charge in [-0.1, -0.05) is 15.9 Å². The molecule has 0 aromatic heterocycles. The molecule has 0 unspecified atom stereocenters. The van der Waals surface area contributed by atoms with Gasteiger partial charge < -0.3 is 4.90 Å². The van der Waals surface area contributed by atoms with Crippen molar-refractivity contribution < 1.29 is 13.2 Å². The molecule has 1 aromatic rings. The number of benzene rings is 1. The molecule has 88 valence electrons. The second-order valence-corrected chi connectivity index (χ2v) is 4.89. The first-order valence-electron chi connectivity index (χ1n) is 5.05. The first-order valence-corrected chi connectivity index (χ1v) is 5.84. The molecule has 0 atom stereocenters. The molecule has 1 nitrogen and oxygen atoms in total. The molecular formula is C11H11BrF3N. The van der Waals surface area contributed by atoms with Crippen molar-refractivity contribution in [1.82, 2.24) is 0 Å². The topological polar surface area (TPSA) is 3.24 Å². The maximum Gasteiger partial charge on any atom is 0.251 e. The van der Waals surface area contributed by atoms with Gasteiger partial charge in [-0.25, -0.2) is 13.2 Å². The molecule has 0 bridgehead atoms. The van der Waals surface area contributed by atoms with Crippen LogP contribution in [-0.2, 0) is 0 Å². The number of piperidine rings is 1. The highest BCUT2D eigenvalue weighted by Gasteiger charge is 2.34. The van der Waals surface area contributed by atoms with Crippen LogP contribution in [0.15, 0.2) is 22.7 Å². The maximum atomic E-state index is 13.1. The Kier molecular flexibility index (Phi) is 3.15. The smallest absolute Gasteiger partial charge is 0.251 e. The van der Waals surface area contributed by atoms with Gasteiger partial charge in [0, 0.05) is 36.1 Å². The molecule has 5 heteroatoms. The Balaban J connectivity index is 2.14. The molecule has 1 aliphatic heterocycles. The van der Waals surface area contributed by atoms with Gasteiger partial charge in [0.2, 0.25) is 0 Å². The normalized spacial score (nSPS) is 19.9. The zero-order valence-electron chi connectivity index (χ0n) is 8.52. The van der Waals surface area contributed by atoms with E-state index in [4.69, 9.17) is 0 Å². The molecule has 1 saturated heterocycles. The summed E-state index contributed by atoms with van der Waals surface area (Å²) in [5.41, 5.74) is 0.655. The summed E-state index contributed by atoms with van der Waals surface area (Å²) in [6, 6.07) is 4.46. The first kappa shape index (κ1) is 11.8. The van der Waals surface area contributed by atoms with Crippen molar-refractivity contribution in [2.75, 3.05) is 18.0 Å². The van der Waals surface area contributed by atoms with E-state index in [-0.39, 0.29) is 31.7 Å². The monoisotopic (exact) mass is 293 g/mol. The molecular weight excluding hydrogens is 283 g/mol. The van der Waals surface area contributed by atoms with E-state index in [9.17, 15) is 13.2 Å². The third kappa shape index (κ3) is 2.70. The highest BCUT2D eigenvalue weighted by molar-refractivity contribution is 9.10. The minimum Gasteiger partial charge on any atom is -0.371 e. The van der Waals surface area contributed by atoms with E-state index in [1.165, 1.54) is 12.1 Å². The second-order valence-electron chi connectivity index (χ2n) is 3.97. The lowest BCUT2D eigenvalue weighted by molar-refractivity contribution is -0.0220. The van der Waals surface area contributed by atoms with E-state index in [1.54, 1.807) is 11.0 Å². The zero-order chi connectivity index (χ0) is 11.8. The van der Waals surface area contributed by atoms with Gasteiger partial charge in [0.25, 0.3) is 5.92 Å². The Morgan fingerprint density at radius 3 is 2.31 bits per heavy atom. The van der Waals surface area contributed by atoms with E-state index < -0.39 is 5.92 Å². The molecule has 0 spiro atoms. The van der Waals surface area contributed by atoms with Crippen LogP contribution in [0.3, 0.4) is 0 Å². The number of hydrogen-bond donors (Lipinski definition) is 0. The largest absolute Gasteiger partial charge is 0.371 e. The molecule has 1 heterocycles. The second kappa shape index (κ2) is 4.28. The van der Waals surface area contributed by atoms with Crippen LogP contribution in [0, 0.1) is 5.82 Å². The Labute approximate surface area is 100 Å². The van der Waals surface area contributed by atoms with Crippen molar-refractivity contribution >= 4 is 21.6 Å². The molecule has 1 aromatic carbocycles. The fourth-order valence-corrected chi connectivity index (χ4v) is 2.27. The summed E-state index contributed by atoms with van der Waals surface area (Å²) < 4.78 is 39.6. The average molecular weight is 294 g/mol. The first-order chi connectivity index (χ1) is 7.46. The van der Waals surface area contributed by atoms with E-state index in [0.717, 1.165) is 0 Å². The summed E-state index contributed by atoms with van der Waals surface area (Å²) in [4.78, 5) is 1.78. The molecule has 0 saturated carbocycles. The number of nitrogens with zero attached hydrogens (tertiary/aromatic N) is 1. The van der Waals surface area contributed by atoms with Crippen LogP contribution in [0.2, 0.25) is 0 Å². The third-order valence-corrected chi connectivity index (χ3v) is 3.17. The predicted octanol–water partition coefficient (Wildman–Crippen LogP) is 3.82. The number of halogens is 4. The Bertz CT molecular complexity index is 365. The Morgan fingerprint density at radius 2 is 1.75 bits per heavy atom. The van der Waals surface area contributed by atoms with Gasteiger partial charge in [-0.3, -0.25) is 0 Å². The number of hydrogen-bond acceptors (Lipinski definition) is 1. The van der Waals surface area contributed by atoms with E-state index >= 15 is 0 Å². The van der Waals surface area contributed by atoms with Crippen molar-refractivity contribution in [2.45, 2.75) is 18.8 Å². The fraction of sp³-hybridized carbons (Fsp3) is 0.455. The maximum absolute atomic E-state index is 13.1. The SMILES string of the molecule is Fc1cc(Br)cc(N2CCC(F)(F)CC2)c1. The van der Waals surface area contributed by atoms with Crippen LogP contribution < -0.4 is 4.90 Å². The van der Waals surface area contributed by atoms with Gasteiger partial charge in [-0.15, -0.1) is 0 Å². The summed E-state index contributed by atoms with van der Waals surface area (Å²) in [5.74, 6) is -2.93. The van der Waals surface area contributed by atoms with Gasteiger partial charge in [0.1, 0.15) is 5.82 Å². The zero-order valence-corrected chi connectivity index (χ0v) is 10.1. The molecule has 0 N–H and O–H groups in total. The fourth-order valence-electron chi connectivity index (χ4n) is 1.81. The quantitative estimate of drug-likeness (QED) is 0.761. The van der Waals surface area contributed by atoms with Crippen molar-refractivity contribution in [3.63, 3.8) is 0 Å². The lowest BCUT2D eigenvalue weighted by Crippen LogP contribution is -2.39. The third-order valence-electron chi connectivity index (χ3n) is 2.71. The Hall–Kier alpha value is -0.710. The van der Waals surface area contributed by atoms with Gasteiger partial charge >= 0.3 is 0 Å². The predicted molar refractivity (Wildman–Crippen MR) is 60.5 cm³/mol. The van der Waals surface area contributed by atoms with Gasteiger partial charge in [-0.05, 0) is 18.2 Å². The van der Waals surface area contributed by atoms with Crippen molar-refractivity contribution in [1.29, 1.82) is 0 Å². The summed E-state index contributed by atoms with van der Waals surface area (Å²) >= 11 is 3.19. The van der Waals surface area contributed by atoms with Gasteiger partial charge in [0.15, 0.2) is 0 Å². The highest BCUT2D eigenvalue weighted by atomic mass is 79.9. The van der Waals surface area contributed by atoms with Crippen LogP contribution >= 0.6 is 15.9 Å². The van der Waals surface area contributed by atoms with Gasteiger partial charge in [-0.2, -0.15) is 0 Å². The van der Waals surface area contributed by atoms with Gasteiger partial charge in [0.05, 0.1) is 0 Å². The van der Waals surface area contributed by atoms with Crippen molar-refractivity contribution in [3.8, 4) is 0 Å². The summed E-state index contributed by atoms with van der Waals surface area (Å²) in [7, 11) is 0. The van der Waals surface area contributed by atoms with Crippen LogP contribution in [0.1, 0.15) is 12.8 Å². The molecule has 0 radical (unpaired) electrons. The molecule has 1 fully saturated rings. The minimum absolute atomic E-state index is 0.166. The Morgan fingerprint density at radius 1 is 1.12 bits per heavy atom. The average Bonchev–Trinajstić information content (AvgIpc) is 2.15. The molecule has 1 aliphatic rings. The molecule has 0 amide bonds. The van der Waals surface area contributed by atoms with Crippen LogP contribution in [0.5, 0.6) is 0 Å². The highest BCUT2D eigenvalue weighted by Crippen LogP contribution is 2.31. The van der Waals surface area contributed by atoms with Crippen LogP contribution in [0.25, 0.3) is 0 Å². The van der Waals surface area contributed by atoms with E-state index in [0.29, 0.717) is 10.2 Å². The summed E-state index contributed by atoms with van der Waals surface area (Å²) in [6.45, 7) is 0.534. The van der Waals surface area contributed by atoms with E-state index in [2.05, 4.69) is 15.9 Å². The van der Waals surface area contributed by atoms with Crippen molar-refractivity contribution in [3.05, 3.63) is 28.5 Å².